The third kappa shape index (κ3) is 4.61. The van der Waals surface area contributed by atoms with E-state index in [9.17, 15) is 13.2 Å². The van der Waals surface area contributed by atoms with E-state index >= 15 is 0 Å². The fraction of sp³-hybridized carbons (Fsp3) is 0.211. The van der Waals surface area contributed by atoms with E-state index < -0.39 is 10.0 Å². The third-order valence-corrected chi connectivity index (χ3v) is 6.33. The smallest absolute Gasteiger partial charge is 0.238 e. The summed E-state index contributed by atoms with van der Waals surface area (Å²) >= 11 is 1.47. The molecule has 3 aromatic rings. The van der Waals surface area contributed by atoms with Crippen molar-refractivity contribution in [3.05, 3.63) is 65.4 Å². The lowest BCUT2D eigenvalue weighted by Gasteiger charge is -2.25. The van der Waals surface area contributed by atoms with Crippen molar-refractivity contribution >= 4 is 27.3 Å². The average molecular weight is 417 g/mol. The average Bonchev–Trinajstić information content (AvgIpc) is 3.15. The molecule has 146 valence electrons. The first-order chi connectivity index (χ1) is 13.3. The zero-order valence-corrected chi connectivity index (χ0v) is 17.1. The number of sulfonamides is 1. The Morgan fingerprint density at radius 2 is 1.96 bits per heavy atom. The summed E-state index contributed by atoms with van der Waals surface area (Å²) in [5.41, 5.74) is 2.44. The largest absolute Gasteiger partial charge is 0.339 e. The predicted octanol–water partition coefficient (Wildman–Crippen LogP) is 2.61. The summed E-state index contributed by atoms with van der Waals surface area (Å²) < 4.78 is 22.7. The summed E-state index contributed by atoms with van der Waals surface area (Å²) in [6.07, 6.45) is 3.63. The highest BCUT2D eigenvalue weighted by molar-refractivity contribution is 7.89. The van der Waals surface area contributed by atoms with Gasteiger partial charge in [-0.2, -0.15) is 0 Å². The highest BCUT2D eigenvalue weighted by Crippen LogP contribution is 2.24. The Kier molecular flexibility index (Phi) is 5.87. The Morgan fingerprint density at radius 1 is 1.25 bits per heavy atom. The molecular weight excluding hydrogens is 396 g/mol. The number of hydrogen-bond donors (Lipinski definition) is 1. The molecule has 0 radical (unpaired) electrons. The van der Waals surface area contributed by atoms with Crippen LogP contribution in [0.3, 0.4) is 0 Å². The minimum Gasteiger partial charge on any atom is -0.339 e. The Morgan fingerprint density at radius 3 is 2.57 bits per heavy atom. The van der Waals surface area contributed by atoms with E-state index in [1.54, 1.807) is 36.5 Å². The van der Waals surface area contributed by atoms with Crippen LogP contribution in [-0.4, -0.2) is 36.2 Å². The molecule has 0 spiro atoms. The number of pyridine rings is 1. The van der Waals surface area contributed by atoms with Crippen molar-refractivity contribution in [1.29, 1.82) is 0 Å². The quantitative estimate of drug-likeness (QED) is 0.665. The third-order valence-electron chi connectivity index (χ3n) is 4.46. The van der Waals surface area contributed by atoms with Crippen LogP contribution in [-0.2, 0) is 21.2 Å². The van der Waals surface area contributed by atoms with E-state index in [1.165, 1.54) is 23.5 Å². The number of likely N-dealkylation sites (N-methyl/N-ethyl adjacent to an activating group) is 1. The SMILES string of the molecule is C[C@@H](c1ccc(S(N)(=O)=O)cc1)N(C)C(=O)Cc1csc(-c2cccnc2)n1. The summed E-state index contributed by atoms with van der Waals surface area (Å²) in [6, 6.07) is 9.77. The van der Waals surface area contributed by atoms with Crippen LogP contribution in [0, 0.1) is 0 Å². The van der Waals surface area contributed by atoms with Gasteiger partial charge in [-0.3, -0.25) is 9.78 Å². The minimum absolute atomic E-state index is 0.0443. The van der Waals surface area contributed by atoms with E-state index in [-0.39, 0.29) is 23.3 Å². The normalized spacial score (nSPS) is 12.5. The van der Waals surface area contributed by atoms with Crippen LogP contribution in [0.1, 0.15) is 24.2 Å². The topological polar surface area (TPSA) is 106 Å². The van der Waals surface area contributed by atoms with Gasteiger partial charge in [-0.15, -0.1) is 11.3 Å². The fourth-order valence-corrected chi connectivity index (χ4v) is 3.99. The van der Waals surface area contributed by atoms with Crippen molar-refractivity contribution in [2.24, 2.45) is 5.14 Å². The zero-order valence-electron chi connectivity index (χ0n) is 15.4. The number of nitrogens with zero attached hydrogens (tertiary/aromatic N) is 3. The number of carbonyl (C=O) groups excluding carboxylic acids is 1. The van der Waals surface area contributed by atoms with Crippen LogP contribution < -0.4 is 5.14 Å². The lowest BCUT2D eigenvalue weighted by molar-refractivity contribution is -0.131. The summed E-state index contributed by atoms with van der Waals surface area (Å²) in [4.78, 5) is 22.9. The molecule has 0 aliphatic heterocycles. The standard InChI is InChI=1S/C19H20N4O3S2/c1-13(14-5-7-17(8-6-14)28(20,25)26)23(2)18(24)10-16-12-27-19(22-16)15-4-3-9-21-11-15/h3-9,11-13H,10H2,1-2H3,(H2,20,25,26)/t13-/m0/s1. The molecule has 0 aliphatic carbocycles. The van der Waals surface area contributed by atoms with Crippen molar-refractivity contribution in [1.82, 2.24) is 14.9 Å². The predicted molar refractivity (Wildman–Crippen MR) is 108 cm³/mol. The number of aromatic nitrogens is 2. The van der Waals surface area contributed by atoms with E-state index in [0.717, 1.165) is 16.1 Å². The van der Waals surface area contributed by atoms with Gasteiger partial charge in [-0.05, 0) is 36.8 Å². The molecule has 0 saturated carbocycles. The van der Waals surface area contributed by atoms with Gasteiger partial charge in [0.15, 0.2) is 0 Å². The maximum atomic E-state index is 12.7. The minimum atomic E-state index is -3.74. The van der Waals surface area contributed by atoms with Gasteiger partial charge < -0.3 is 4.90 Å². The van der Waals surface area contributed by atoms with Crippen LogP contribution in [0.25, 0.3) is 10.6 Å². The van der Waals surface area contributed by atoms with Crippen molar-refractivity contribution in [3.8, 4) is 10.6 Å². The maximum absolute atomic E-state index is 12.7. The number of thiazole rings is 1. The molecule has 2 N–H and O–H groups in total. The molecule has 0 fully saturated rings. The molecular formula is C19H20N4O3S2. The first-order valence-electron chi connectivity index (χ1n) is 8.49. The Hall–Kier alpha value is -2.62. The van der Waals surface area contributed by atoms with E-state index in [4.69, 9.17) is 5.14 Å². The molecule has 0 unspecified atom stereocenters. The summed E-state index contributed by atoms with van der Waals surface area (Å²) in [5, 5.41) is 7.82. The first-order valence-corrected chi connectivity index (χ1v) is 10.9. The van der Waals surface area contributed by atoms with E-state index in [2.05, 4.69) is 9.97 Å². The van der Waals surface area contributed by atoms with Gasteiger partial charge in [0.05, 0.1) is 23.1 Å². The Bertz CT molecular complexity index is 1060. The van der Waals surface area contributed by atoms with Crippen molar-refractivity contribution in [2.75, 3.05) is 7.05 Å². The second-order valence-electron chi connectivity index (χ2n) is 6.36. The molecule has 9 heteroatoms. The molecule has 1 atom stereocenters. The molecule has 0 saturated heterocycles. The van der Waals surface area contributed by atoms with Gasteiger partial charge in [0.25, 0.3) is 0 Å². The zero-order chi connectivity index (χ0) is 20.3. The summed E-state index contributed by atoms with van der Waals surface area (Å²) in [5.74, 6) is -0.0777. The lowest BCUT2D eigenvalue weighted by atomic mass is 10.1. The molecule has 2 aromatic heterocycles. The molecule has 1 aromatic carbocycles. The van der Waals surface area contributed by atoms with Gasteiger partial charge in [-0.1, -0.05) is 12.1 Å². The molecule has 0 aliphatic rings. The summed E-state index contributed by atoms with van der Waals surface area (Å²) in [7, 11) is -2.02. The molecule has 7 nitrogen and oxygen atoms in total. The van der Waals surface area contributed by atoms with Crippen LogP contribution in [0.15, 0.2) is 59.1 Å². The highest BCUT2D eigenvalue weighted by Gasteiger charge is 2.19. The Balaban J connectivity index is 1.68. The van der Waals surface area contributed by atoms with Crippen molar-refractivity contribution in [2.45, 2.75) is 24.3 Å². The van der Waals surface area contributed by atoms with Gasteiger partial charge in [0.1, 0.15) is 5.01 Å². The number of amides is 1. The number of rotatable bonds is 6. The second kappa shape index (κ2) is 8.17. The van der Waals surface area contributed by atoms with E-state index in [1.807, 2.05) is 24.4 Å². The monoisotopic (exact) mass is 416 g/mol. The van der Waals surface area contributed by atoms with Crippen LogP contribution in [0.2, 0.25) is 0 Å². The molecule has 3 rings (SSSR count). The first kappa shape index (κ1) is 20.1. The maximum Gasteiger partial charge on any atom is 0.238 e. The van der Waals surface area contributed by atoms with Gasteiger partial charge in [-0.25, -0.2) is 18.5 Å². The van der Waals surface area contributed by atoms with Crippen LogP contribution in [0.5, 0.6) is 0 Å². The van der Waals surface area contributed by atoms with Crippen molar-refractivity contribution in [3.63, 3.8) is 0 Å². The number of primary sulfonamides is 1. The summed E-state index contributed by atoms with van der Waals surface area (Å²) in [6.45, 7) is 1.88. The number of nitrogens with two attached hydrogens (primary N) is 1. The molecule has 28 heavy (non-hydrogen) atoms. The number of benzene rings is 1. The fourth-order valence-electron chi connectivity index (χ4n) is 2.67. The van der Waals surface area contributed by atoms with Crippen LogP contribution >= 0.6 is 11.3 Å². The second-order valence-corrected chi connectivity index (χ2v) is 8.78. The molecule has 2 heterocycles. The lowest BCUT2D eigenvalue weighted by Crippen LogP contribution is -2.31. The van der Waals surface area contributed by atoms with E-state index in [0.29, 0.717) is 5.69 Å². The number of hydrogen-bond acceptors (Lipinski definition) is 6. The van der Waals surface area contributed by atoms with Gasteiger partial charge in [0.2, 0.25) is 15.9 Å². The van der Waals surface area contributed by atoms with Crippen LogP contribution in [0.4, 0.5) is 0 Å². The van der Waals surface area contributed by atoms with Gasteiger partial charge >= 0.3 is 0 Å². The highest BCUT2D eigenvalue weighted by atomic mass is 32.2. The van der Waals surface area contributed by atoms with Gasteiger partial charge in [0, 0.05) is 30.4 Å². The van der Waals surface area contributed by atoms with Crippen molar-refractivity contribution < 1.29 is 13.2 Å². The number of carbonyl (C=O) groups is 1. The molecule has 0 bridgehead atoms. The molecule has 1 amide bonds. The Labute approximate surface area is 167 Å².